The number of hydrogen-bond acceptors (Lipinski definition) is 4. The number of aromatic amines is 2. The molecular formula is C12H14ClN5OS. The van der Waals surface area contributed by atoms with Crippen molar-refractivity contribution < 1.29 is 0 Å². The predicted octanol–water partition coefficient (Wildman–Crippen LogP) is 1.38. The third-order valence-corrected chi connectivity index (χ3v) is 3.94. The summed E-state index contributed by atoms with van der Waals surface area (Å²) in [5.41, 5.74) is 2.40. The molecule has 0 aromatic carbocycles. The van der Waals surface area contributed by atoms with Gasteiger partial charge in [0.05, 0.1) is 16.3 Å². The van der Waals surface area contributed by atoms with Gasteiger partial charge in [-0.05, 0) is 12.2 Å². The summed E-state index contributed by atoms with van der Waals surface area (Å²) in [4.78, 5) is 19.8. The van der Waals surface area contributed by atoms with Crippen molar-refractivity contribution in [3.05, 3.63) is 43.3 Å². The largest absolute Gasteiger partial charge is 0.335 e. The Balaban J connectivity index is 1.84. The van der Waals surface area contributed by atoms with E-state index in [2.05, 4.69) is 20.0 Å². The number of nitrogens with one attached hydrogen (secondary N) is 2. The average molecular weight is 312 g/mol. The van der Waals surface area contributed by atoms with Gasteiger partial charge in [0.1, 0.15) is 0 Å². The Labute approximate surface area is 125 Å². The van der Waals surface area contributed by atoms with Crippen LogP contribution in [0.15, 0.2) is 11.0 Å². The van der Waals surface area contributed by atoms with Gasteiger partial charge >= 0.3 is 0 Å². The van der Waals surface area contributed by atoms with Gasteiger partial charge in [-0.25, -0.2) is 0 Å². The molecule has 2 aromatic heterocycles. The maximum absolute atomic E-state index is 11.9. The van der Waals surface area contributed by atoms with Crippen molar-refractivity contribution in [3.8, 4) is 0 Å². The third-order valence-electron chi connectivity index (χ3n) is 3.42. The van der Waals surface area contributed by atoms with Gasteiger partial charge in [0, 0.05) is 45.0 Å². The fourth-order valence-corrected chi connectivity index (χ4v) is 2.93. The number of hydrogen-bond donors (Lipinski definition) is 2. The molecule has 0 radical (unpaired) electrons. The maximum atomic E-state index is 11.9. The minimum absolute atomic E-state index is 0.111. The third kappa shape index (κ3) is 2.56. The van der Waals surface area contributed by atoms with E-state index < -0.39 is 0 Å². The Bertz CT molecular complexity index is 762. The van der Waals surface area contributed by atoms with E-state index in [1.807, 2.05) is 7.05 Å². The van der Waals surface area contributed by atoms with Crippen LogP contribution < -0.4 is 5.56 Å². The van der Waals surface area contributed by atoms with Crippen LogP contribution in [0.3, 0.4) is 0 Å². The number of aryl methyl sites for hydroxylation is 1. The number of H-pyrrole nitrogens is 2. The van der Waals surface area contributed by atoms with Crippen molar-refractivity contribution in [1.29, 1.82) is 0 Å². The van der Waals surface area contributed by atoms with Crippen LogP contribution in [0.2, 0.25) is 5.02 Å². The minimum atomic E-state index is -0.111. The van der Waals surface area contributed by atoms with E-state index >= 15 is 0 Å². The number of rotatable bonds is 2. The Morgan fingerprint density at radius 1 is 1.50 bits per heavy atom. The van der Waals surface area contributed by atoms with Crippen LogP contribution in [-0.4, -0.2) is 31.2 Å². The predicted molar refractivity (Wildman–Crippen MR) is 78.3 cm³/mol. The molecule has 2 aromatic rings. The summed E-state index contributed by atoms with van der Waals surface area (Å²) in [7, 11) is 1.84. The van der Waals surface area contributed by atoms with Crippen LogP contribution >= 0.6 is 23.8 Å². The smallest absolute Gasteiger partial charge is 0.256 e. The van der Waals surface area contributed by atoms with Crippen LogP contribution in [0.4, 0.5) is 0 Å². The zero-order valence-electron chi connectivity index (χ0n) is 10.9. The molecule has 20 heavy (non-hydrogen) atoms. The molecular weight excluding hydrogens is 298 g/mol. The Morgan fingerprint density at radius 2 is 2.30 bits per heavy atom. The lowest BCUT2D eigenvalue weighted by Crippen LogP contribution is -2.35. The summed E-state index contributed by atoms with van der Waals surface area (Å²) in [6, 6.07) is 0. The second kappa shape index (κ2) is 5.16. The normalized spacial score (nSPS) is 15.3. The molecule has 3 heterocycles. The molecule has 0 amide bonds. The first-order chi connectivity index (χ1) is 9.52. The summed E-state index contributed by atoms with van der Waals surface area (Å²) in [6.45, 7) is 2.05. The molecule has 0 saturated heterocycles. The lowest BCUT2D eigenvalue weighted by molar-refractivity contribution is 0.238. The van der Waals surface area contributed by atoms with Crippen LogP contribution in [-0.2, 0) is 26.6 Å². The van der Waals surface area contributed by atoms with Crippen molar-refractivity contribution in [1.82, 2.24) is 24.6 Å². The van der Waals surface area contributed by atoms with E-state index in [0.29, 0.717) is 22.9 Å². The monoisotopic (exact) mass is 311 g/mol. The SMILES string of the molecule is Cn1cc(Cl)c(CN2CCc3[nH]c(=S)[nH]c(=O)c3C2)n1. The van der Waals surface area contributed by atoms with Gasteiger partial charge in [-0.1, -0.05) is 11.6 Å². The highest BCUT2D eigenvalue weighted by atomic mass is 35.5. The molecule has 1 aliphatic heterocycles. The molecule has 0 spiro atoms. The molecule has 2 N–H and O–H groups in total. The molecule has 0 bridgehead atoms. The summed E-state index contributed by atoms with van der Waals surface area (Å²) < 4.78 is 2.08. The minimum Gasteiger partial charge on any atom is -0.335 e. The first-order valence-electron chi connectivity index (χ1n) is 6.27. The lowest BCUT2D eigenvalue weighted by Gasteiger charge is -2.27. The van der Waals surface area contributed by atoms with Crippen LogP contribution in [0, 0.1) is 4.77 Å². The zero-order chi connectivity index (χ0) is 14.3. The van der Waals surface area contributed by atoms with Crippen LogP contribution in [0.1, 0.15) is 17.0 Å². The van der Waals surface area contributed by atoms with Crippen LogP contribution in [0.25, 0.3) is 0 Å². The average Bonchev–Trinajstić information content (AvgIpc) is 2.68. The van der Waals surface area contributed by atoms with Crippen molar-refractivity contribution in [2.24, 2.45) is 7.05 Å². The Hall–Kier alpha value is -1.44. The summed E-state index contributed by atoms with van der Waals surface area (Å²) in [5, 5.41) is 4.98. The molecule has 1 aliphatic rings. The van der Waals surface area contributed by atoms with E-state index in [9.17, 15) is 4.79 Å². The van der Waals surface area contributed by atoms with Gasteiger partial charge in [0.15, 0.2) is 4.77 Å². The quantitative estimate of drug-likeness (QED) is 0.822. The van der Waals surface area contributed by atoms with E-state index in [4.69, 9.17) is 23.8 Å². The highest BCUT2D eigenvalue weighted by Gasteiger charge is 2.21. The highest BCUT2D eigenvalue weighted by Crippen LogP contribution is 2.19. The zero-order valence-corrected chi connectivity index (χ0v) is 12.5. The number of halogens is 1. The molecule has 0 saturated carbocycles. The van der Waals surface area contributed by atoms with Gasteiger partial charge in [0.25, 0.3) is 5.56 Å². The van der Waals surface area contributed by atoms with Gasteiger partial charge in [-0.2, -0.15) is 5.10 Å². The molecule has 8 heteroatoms. The van der Waals surface area contributed by atoms with E-state index in [-0.39, 0.29) is 5.56 Å². The summed E-state index contributed by atoms with van der Waals surface area (Å²) >= 11 is 11.1. The van der Waals surface area contributed by atoms with Gasteiger partial charge < -0.3 is 4.98 Å². The summed E-state index contributed by atoms with van der Waals surface area (Å²) in [6.07, 6.45) is 2.55. The number of fused-ring (bicyclic) bond motifs is 1. The fraction of sp³-hybridized carbons (Fsp3) is 0.417. The van der Waals surface area contributed by atoms with Crippen LogP contribution in [0.5, 0.6) is 0 Å². The first-order valence-corrected chi connectivity index (χ1v) is 7.06. The lowest BCUT2D eigenvalue weighted by atomic mass is 10.1. The van der Waals surface area contributed by atoms with Crippen molar-refractivity contribution in [3.63, 3.8) is 0 Å². The Morgan fingerprint density at radius 3 is 3.00 bits per heavy atom. The number of nitrogens with zero attached hydrogens (tertiary/aromatic N) is 3. The molecule has 0 aliphatic carbocycles. The first kappa shape index (κ1) is 13.5. The van der Waals surface area contributed by atoms with Gasteiger partial charge in [-0.15, -0.1) is 0 Å². The maximum Gasteiger partial charge on any atom is 0.256 e. The summed E-state index contributed by atoms with van der Waals surface area (Å²) in [5.74, 6) is 0. The molecule has 6 nitrogen and oxygen atoms in total. The molecule has 3 rings (SSSR count). The van der Waals surface area contributed by atoms with Crippen molar-refractivity contribution >= 4 is 23.8 Å². The highest BCUT2D eigenvalue weighted by molar-refractivity contribution is 7.71. The van der Waals surface area contributed by atoms with Crippen molar-refractivity contribution in [2.45, 2.75) is 19.5 Å². The van der Waals surface area contributed by atoms with E-state index in [1.54, 1.807) is 10.9 Å². The molecule has 0 unspecified atom stereocenters. The second-order valence-corrected chi connectivity index (χ2v) is 5.74. The molecule has 106 valence electrons. The second-order valence-electron chi connectivity index (χ2n) is 4.92. The molecule has 0 atom stereocenters. The molecule has 0 fully saturated rings. The number of aromatic nitrogens is 4. The van der Waals surface area contributed by atoms with Crippen molar-refractivity contribution in [2.75, 3.05) is 6.54 Å². The Kier molecular flexibility index (Phi) is 3.49. The van der Waals surface area contributed by atoms with Gasteiger partial charge in [-0.3, -0.25) is 19.4 Å². The topological polar surface area (TPSA) is 69.7 Å². The standard InChI is InChI=1S/C12H14ClN5OS/c1-17-5-8(13)10(16-17)6-18-3-2-9-7(4-18)11(19)15-12(20)14-9/h5H,2-4,6H2,1H3,(H2,14,15,19,20). The van der Waals surface area contributed by atoms with E-state index in [1.165, 1.54) is 0 Å². The van der Waals surface area contributed by atoms with E-state index in [0.717, 1.165) is 29.9 Å². The fourth-order valence-electron chi connectivity index (χ4n) is 2.47. The van der Waals surface area contributed by atoms with Gasteiger partial charge in [0.2, 0.25) is 0 Å².